The molecule has 0 bridgehead atoms. The molecule has 0 aliphatic rings. The molecule has 1 aromatic heterocycles. The van der Waals surface area contributed by atoms with Crippen LogP contribution in [0.3, 0.4) is 0 Å². The monoisotopic (exact) mass is 163 g/mol. The highest BCUT2D eigenvalue weighted by Crippen LogP contribution is 2.05. The van der Waals surface area contributed by atoms with Gasteiger partial charge in [-0.05, 0) is 18.9 Å². The summed E-state index contributed by atoms with van der Waals surface area (Å²) >= 11 is 0. The van der Waals surface area contributed by atoms with Crippen molar-refractivity contribution in [2.24, 2.45) is 5.92 Å². The standard InChI is InChI=1S/C9H13N3/c1-4-7(2)5-6-9-8(3)10-12-11-9/h4-7H,1H2,2-3H3,(H,10,11,12)/b6-5-. The number of aromatic nitrogens is 3. The number of aryl methyl sites for hydroxylation is 1. The average molecular weight is 163 g/mol. The number of aromatic amines is 1. The zero-order valence-corrected chi connectivity index (χ0v) is 7.41. The van der Waals surface area contributed by atoms with Gasteiger partial charge in [0.2, 0.25) is 0 Å². The van der Waals surface area contributed by atoms with E-state index in [9.17, 15) is 0 Å². The second-order valence-electron chi connectivity index (χ2n) is 2.75. The van der Waals surface area contributed by atoms with Gasteiger partial charge in [-0.2, -0.15) is 15.4 Å². The van der Waals surface area contributed by atoms with E-state index in [1.807, 2.05) is 25.2 Å². The first-order valence-corrected chi connectivity index (χ1v) is 3.92. The number of nitrogens with one attached hydrogen (secondary N) is 1. The van der Waals surface area contributed by atoms with Crippen LogP contribution in [-0.4, -0.2) is 15.4 Å². The van der Waals surface area contributed by atoms with Gasteiger partial charge in [0.15, 0.2) is 0 Å². The van der Waals surface area contributed by atoms with Crippen molar-refractivity contribution in [3.8, 4) is 0 Å². The predicted octanol–water partition coefficient (Wildman–Crippen LogP) is 1.95. The van der Waals surface area contributed by atoms with Crippen LogP contribution in [0.2, 0.25) is 0 Å². The lowest BCUT2D eigenvalue weighted by Crippen LogP contribution is -1.82. The molecule has 3 nitrogen and oxygen atoms in total. The van der Waals surface area contributed by atoms with Gasteiger partial charge >= 0.3 is 0 Å². The van der Waals surface area contributed by atoms with Gasteiger partial charge in [0.05, 0.1) is 5.69 Å². The maximum absolute atomic E-state index is 3.96. The molecule has 0 aliphatic carbocycles. The Balaban J connectivity index is 2.69. The Labute approximate surface area is 72.2 Å². The topological polar surface area (TPSA) is 41.6 Å². The van der Waals surface area contributed by atoms with E-state index in [-0.39, 0.29) is 0 Å². The quantitative estimate of drug-likeness (QED) is 0.692. The molecule has 0 saturated heterocycles. The van der Waals surface area contributed by atoms with Crippen molar-refractivity contribution >= 4 is 6.08 Å². The Kier molecular flexibility index (Phi) is 2.80. The van der Waals surface area contributed by atoms with E-state index in [4.69, 9.17) is 0 Å². The summed E-state index contributed by atoms with van der Waals surface area (Å²) in [5.41, 5.74) is 1.81. The predicted molar refractivity (Wildman–Crippen MR) is 49.5 cm³/mol. The minimum absolute atomic E-state index is 0.376. The number of hydrogen-bond donors (Lipinski definition) is 1. The first-order chi connectivity index (χ1) is 5.74. The highest BCUT2D eigenvalue weighted by atomic mass is 15.3. The fraction of sp³-hybridized carbons (Fsp3) is 0.333. The van der Waals surface area contributed by atoms with Crippen molar-refractivity contribution in [1.29, 1.82) is 0 Å². The Morgan fingerprint density at radius 2 is 2.25 bits per heavy atom. The van der Waals surface area contributed by atoms with Crippen LogP contribution in [0.4, 0.5) is 0 Å². The maximum Gasteiger partial charge on any atom is 0.108 e. The fourth-order valence-corrected chi connectivity index (χ4v) is 0.771. The minimum atomic E-state index is 0.376. The Morgan fingerprint density at radius 3 is 2.75 bits per heavy atom. The Bertz CT molecular complexity index is 286. The zero-order valence-electron chi connectivity index (χ0n) is 7.41. The number of H-pyrrole nitrogens is 1. The summed E-state index contributed by atoms with van der Waals surface area (Å²) in [7, 11) is 0. The third-order valence-electron chi connectivity index (χ3n) is 1.69. The molecule has 1 heterocycles. The van der Waals surface area contributed by atoms with Gasteiger partial charge in [0.1, 0.15) is 5.69 Å². The van der Waals surface area contributed by atoms with Gasteiger partial charge in [0.25, 0.3) is 0 Å². The lowest BCUT2D eigenvalue weighted by atomic mass is 10.1. The summed E-state index contributed by atoms with van der Waals surface area (Å²) in [6, 6.07) is 0. The van der Waals surface area contributed by atoms with E-state index in [0.717, 1.165) is 11.4 Å². The molecule has 1 unspecified atom stereocenters. The largest absolute Gasteiger partial charge is 0.197 e. The van der Waals surface area contributed by atoms with Gasteiger partial charge < -0.3 is 0 Å². The molecule has 1 N–H and O–H groups in total. The van der Waals surface area contributed by atoms with E-state index in [0.29, 0.717) is 5.92 Å². The summed E-state index contributed by atoms with van der Waals surface area (Å²) < 4.78 is 0. The van der Waals surface area contributed by atoms with E-state index in [1.54, 1.807) is 0 Å². The molecule has 0 radical (unpaired) electrons. The fourth-order valence-electron chi connectivity index (χ4n) is 0.771. The van der Waals surface area contributed by atoms with E-state index in [2.05, 4.69) is 28.9 Å². The number of allylic oxidation sites excluding steroid dienone is 2. The molecular weight excluding hydrogens is 150 g/mol. The molecule has 12 heavy (non-hydrogen) atoms. The van der Waals surface area contributed by atoms with Gasteiger partial charge in [-0.15, -0.1) is 6.58 Å². The van der Waals surface area contributed by atoms with Gasteiger partial charge in [-0.25, -0.2) is 0 Å². The molecule has 1 aromatic rings. The molecule has 3 heteroatoms. The highest BCUT2D eigenvalue weighted by Gasteiger charge is 1.97. The molecule has 0 spiro atoms. The second kappa shape index (κ2) is 3.85. The summed E-state index contributed by atoms with van der Waals surface area (Å²) in [4.78, 5) is 0. The second-order valence-corrected chi connectivity index (χ2v) is 2.75. The summed E-state index contributed by atoms with van der Waals surface area (Å²) in [6.07, 6.45) is 5.87. The number of hydrogen-bond acceptors (Lipinski definition) is 2. The third-order valence-corrected chi connectivity index (χ3v) is 1.69. The third kappa shape index (κ3) is 2.05. The smallest absolute Gasteiger partial charge is 0.108 e. The van der Waals surface area contributed by atoms with Crippen molar-refractivity contribution in [1.82, 2.24) is 15.4 Å². The van der Waals surface area contributed by atoms with Crippen LogP contribution in [0.15, 0.2) is 18.7 Å². The van der Waals surface area contributed by atoms with Gasteiger partial charge in [-0.1, -0.05) is 19.1 Å². The lowest BCUT2D eigenvalue weighted by Gasteiger charge is -1.93. The Morgan fingerprint density at radius 1 is 1.50 bits per heavy atom. The van der Waals surface area contributed by atoms with Crippen LogP contribution in [-0.2, 0) is 0 Å². The SMILES string of the molecule is C=CC(C)/C=C\c1n[nH]nc1C. The lowest BCUT2D eigenvalue weighted by molar-refractivity contribution is 0.924. The molecule has 1 rings (SSSR count). The van der Waals surface area contributed by atoms with Crippen molar-refractivity contribution < 1.29 is 0 Å². The molecule has 0 saturated carbocycles. The normalized spacial score (nSPS) is 13.5. The maximum atomic E-state index is 3.96. The van der Waals surface area contributed by atoms with Crippen LogP contribution >= 0.6 is 0 Å². The zero-order chi connectivity index (χ0) is 8.97. The molecule has 1 atom stereocenters. The summed E-state index contributed by atoms with van der Waals surface area (Å²) in [5.74, 6) is 0.376. The average Bonchev–Trinajstić information content (AvgIpc) is 2.47. The first-order valence-electron chi connectivity index (χ1n) is 3.92. The van der Waals surface area contributed by atoms with Crippen molar-refractivity contribution in [2.45, 2.75) is 13.8 Å². The molecule has 0 aromatic carbocycles. The van der Waals surface area contributed by atoms with Crippen molar-refractivity contribution in [3.63, 3.8) is 0 Å². The van der Waals surface area contributed by atoms with E-state index >= 15 is 0 Å². The number of nitrogens with zero attached hydrogens (tertiary/aromatic N) is 2. The van der Waals surface area contributed by atoms with E-state index < -0.39 is 0 Å². The van der Waals surface area contributed by atoms with Crippen LogP contribution in [0.1, 0.15) is 18.3 Å². The highest BCUT2D eigenvalue weighted by molar-refractivity contribution is 5.46. The van der Waals surface area contributed by atoms with Crippen LogP contribution in [0.25, 0.3) is 6.08 Å². The minimum Gasteiger partial charge on any atom is -0.197 e. The molecule has 0 amide bonds. The summed E-state index contributed by atoms with van der Waals surface area (Å²) in [5, 5.41) is 10.4. The first kappa shape index (κ1) is 8.71. The van der Waals surface area contributed by atoms with Gasteiger partial charge in [0, 0.05) is 0 Å². The summed E-state index contributed by atoms with van der Waals surface area (Å²) in [6.45, 7) is 7.67. The van der Waals surface area contributed by atoms with Crippen LogP contribution in [0.5, 0.6) is 0 Å². The molecule has 0 fully saturated rings. The van der Waals surface area contributed by atoms with Crippen LogP contribution < -0.4 is 0 Å². The van der Waals surface area contributed by atoms with Crippen molar-refractivity contribution in [3.05, 3.63) is 30.1 Å². The molecular formula is C9H13N3. The van der Waals surface area contributed by atoms with E-state index in [1.165, 1.54) is 0 Å². The molecule has 0 aliphatic heterocycles. The van der Waals surface area contributed by atoms with Crippen molar-refractivity contribution in [2.75, 3.05) is 0 Å². The van der Waals surface area contributed by atoms with Gasteiger partial charge in [-0.3, -0.25) is 0 Å². The molecule has 64 valence electrons. The van der Waals surface area contributed by atoms with Crippen LogP contribution in [0, 0.1) is 12.8 Å². The number of rotatable bonds is 3. The Hall–Kier alpha value is -1.38.